The minimum atomic E-state index is -1.85. The predicted molar refractivity (Wildman–Crippen MR) is 202 cm³/mol. The van der Waals surface area contributed by atoms with Crippen molar-refractivity contribution in [2.45, 2.75) is 177 Å². The van der Waals surface area contributed by atoms with Crippen molar-refractivity contribution in [2.75, 3.05) is 6.61 Å². The third kappa shape index (κ3) is 12.7. The van der Waals surface area contributed by atoms with Gasteiger partial charge in [0.15, 0.2) is 18.8 Å². The fraction of sp³-hybridized carbons (Fsp3) is 0.789. The molecular formula is C38H62N4O16. The molecule has 0 spiro atoms. The number of rotatable bonds is 20. The molecular weight excluding hydrogens is 768 g/mol. The molecule has 3 fully saturated rings. The molecule has 7 unspecified atom stereocenters. The van der Waals surface area contributed by atoms with E-state index in [1.807, 2.05) is 4.98 Å². The quantitative estimate of drug-likeness (QED) is 0.0479. The molecule has 58 heavy (non-hydrogen) atoms. The molecule has 4 heterocycles. The molecule has 20 nitrogen and oxygen atoms in total. The summed E-state index contributed by atoms with van der Waals surface area (Å²) in [6, 6.07) is -2.01. The van der Waals surface area contributed by atoms with E-state index in [1.165, 1.54) is 31.8 Å². The van der Waals surface area contributed by atoms with Crippen LogP contribution in [0.1, 0.15) is 91.2 Å². The minimum Gasteiger partial charge on any atom is -0.394 e. The number of allylic oxidation sites excluding steroid dienone is 1. The Kier molecular flexibility index (Phi) is 18.4. The number of aromatic nitrogens is 2. The van der Waals surface area contributed by atoms with Gasteiger partial charge in [0.25, 0.3) is 5.56 Å². The maximum atomic E-state index is 13.1. The summed E-state index contributed by atoms with van der Waals surface area (Å²) in [7, 11) is 0. The number of aliphatic hydroxyl groups excluding tert-OH is 8. The number of hydrogen-bond donors (Lipinski definition) is 11. The van der Waals surface area contributed by atoms with Gasteiger partial charge in [-0.25, -0.2) is 4.79 Å². The van der Waals surface area contributed by atoms with Gasteiger partial charge >= 0.3 is 5.69 Å². The van der Waals surface area contributed by atoms with Crippen molar-refractivity contribution < 1.29 is 69.4 Å². The number of amides is 2. The fourth-order valence-corrected chi connectivity index (χ4v) is 7.45. The number of aliphatic hydroxyl groups is 8. The van der Waals surface area contributed by atoms with Crippen LogP contribution in [0.4, 0.5) is 0 Å². The van der Waals surface area contributed by atoms with Gasteiger partial charge in [-0.15, -0.1) is 0 Å². The molecule has 1 aromatic rings. The first-order chi connectivity index (χ1) is 27.5. The van der Waals surface area contributed by atoms with Gasteiger partial charge in [0.1, 0.15) is 60.9 Å². The maximum Gasteiger partial charge on any atom is 0.330 e. The van der Waals surface area contributed by atoms with Crippen molar-refractivity contribution in [3.63, 3.8) is 0 Å². The third-order valence-corrected chi connectivity index (χ3v) is 10.7. The van der Waals surface area contributed by atoms with Gasteiger partial charge in [0.05, 0.1) is 18.8 Å². The molecule has 3 aliphatic rings. The molecule has 2 amide bonds. The monoisotopic (exact) mass is 830 g/mol. The van der Waals surface area contributed by atoms with Gasteiger partial charge in [-0.05, 0) is 24.8 Å². The van der Waals surface area contributed by atoms with Gasteiger partial charge in [-0.3, -0.25) is 23.9 Å². The van der Waals surface area contributed by atoms with Gasteiger partial charge in [-0.2, -0.15) is 0 Å². The highest BCUT2D eigenvalue weighted by molar-refractivity contribution is 5.87. The summed E-state index contributed by atoms with van der Waals surface area (Å²) in [5.41, 5.74) is -1.68. The summed E-state index contributed by atoms with van der Waals surface area (Å²) < 4.78 is 24.1. The smallest absolute Gasteiger partial charge is 0.330 e. The number of carbonyl (C=O) groups is 2. The van der Waals surface area contributed by atoms with Crippen LogP contribution < -0.4 is 21.9 Å². The molecule has 1 aromatic heterocycles. The lowest BCUT2D eigenvalue weighted by molar-refractivity contribution is -0.346. The lowest BCUT2D eigenvalue weighted by atomic mass is 9.91. The molecule has 15 atom stereocenters. The molecule has 0 radical (unpaired) electrons. The average molecular weight is 831 g/mol. The standard InChI is InChI=1S/C38H62N4O16/c1-19(2)13-11-9-7-5-4-6-8-10-12-14-24(46)40-27-31(51)28(48)22(55-37(27)58-36-26(39-20(3)44)30(50)29(49)23(18-43)56-36)17-21(45)34-32(52)33(53)35(57-34)42-16-15-25(47)41-38(42)54/h12,14-16,19,21-23,26-37,43,45,48-53H,4-11,13,17-18H2,1-3H3,(H,39,44)(H,40,46)(H,41,47,54)/b14-12+/t21-,22-,23?,26?,27-,28?,29-,30?,31?,32?,33?,34-,35-,36-,37+/m1/s1. The minimum absolute atomic E-state index is 0.598. The molecule has 4 rings (SSSR count). The summed E-state index contributed by atoms with van der Waals surface area (Å²) in [6.07, 6.45) is -8.97. The van der Waals surface area contributed by atoms with Crippen LogP contribution in [0.5, 0.6) is 0 Å². The number of hydrogen-bond acceptors (Lipinski definition) is 16. The van der Waals surface area contributed by atoms with E-state index in [0.717, 1.165) is 49.4 Å². The summed E-state index contributed by atoms with van der Waals surface area (Å²) in [4.78, 5) is 51.1. The normalized spacial score (nSPS) is 34.7. The highest BCUT2D eigenvalue weighted by atomic mass is 16.8. The predicted octanol–water partition coefficient (Wildman–Crippen LogP) is -2.48. The summed E-state index contributed by atoms with van der Waals surface area (Å²) in [6.45, 7) is 4.78. The van der Waals surface area contributed by atoms with Gasteiger partial charge in [0, 0.05) is 25.6 Å². The number of H-pyrrole nitrogens is 1. The van der Waals surface area contributed by atoms with Crippen molar-refractivity contribution in [2.24, 2.45) is 5.92 Å². The second-order valence-electron chi connectivity index (χ2n) is 15.8. The van der Waals surface area contributed by atoms with Crippen molar-refractivity contribution in [1.29, 1.82) is 0 Å². The van der Waals surface area contributed by atoms with Crippen LogP contribution in [0.3, 0.4) is 0 Å². The van der Waals surface area contributed by atoms with E-state index in [-0.39, 0.29) is 0 Å². The largest absolute Gasteiger partial charge is 0.394 e. The fourth-order valence-electron chi connectivity index (χ4n) is 7.45. The molecule has 0 aromatic carbocycles. The zero-order valence-corrected chi connectivity index (χ0v) is 33.1. The van der Waals surface area contributed by atoms with Crippen LogP contribution in [0.2, 0.25) is 0 Å². The van der Waals surface area contributed by atoms with Crippen molar-refractivity contribution >= 4 is 11.8 Å². The Labute approximate surface area is 335 Å². The summed E-state index contributed by atoms with van der Waals surface area (Å²) >= 11 is 0. The van der Waals surface area contributed by atoms with Crippen LogP contribution in [0, 0.1) is 5.92 Å². The highest BCUT2D eigenvalue weighted by Gasteiger charge is 2.53. The Morgan fingerprint density at radius 2 is 1.41 bits per heavy atom. The van der Waals surface area contributed by atoms with Crippen LogP contribution in [0.25, 0.3) is 0 Å². The Balaban J connectivity index is 1.46. The SMILES string of the molecule is CC(=O)NC1C(O)[C@H](O)C(CO)O[C@@H]1O[C@@H]1O[C@H](C[C@@H](O)[C@H]2O[C@@H](n3ccc(=O)[nH]c3=O)C(O)C2O)C(O)C(O)[C@H]1NC(=O)/C=C/CCCCCCCCCC(C)C. The first-order valence-corrected chi connectivity index (χ1v) is 20.1. The zero-order chi connectivity index (χ0) is 42.7. The van der Waals surface area contributed by atoms with Gasteiger partial charge in [-0.1, -0.05) is 64.9 Å². The van der Waals surface area contributed by atoms with Crippen LogP contribution in [0.15, 0.2) is 34.0 Å². The van der Waals surface area contributed by atoms with E-state index in [2.05, 4.69) is 24.5 Å². The van der Waals surface area contributed by atoms with E-state index in [0.29, 0.717) is 12.3 Å². The highest BCUT2D eigenvalue weighted by Crippen LogP contribution is 2.34. The topological polar surface area (TPSA) is 312 Å². The van der Waals surface area contributed by atoms with Gasteiger partial charge < -0.3 is 70.4 Å². The first kappa shape index (κ1) is 47.6. The average Bonchev–Trinajstić information content (AvgIpc) is 3.46. The molecule has 0 bridgehead atoms. The Morgan fingerprint density at radius 3 is 2.02 bits per heavy atom. The van der Waals surface area contributed by atoms with E-state index in [4.69, 9.17) is 18.9 Å². The number of nitrogens with one attached hydrogen (secondary N) is 3. The Hall–Kier alpha value is -3.12. The van der Waals surface area contributed by atoms with Crippen molar-refractivity contribution in [3.05, 3.63) is 45.3 Å². The number of ether oxygens (including phenoxy) is 4. The number of carbonyl (C=O) groups excluding carboxylic acids is 2. The van der Waals surface area contributed by atoms with E-state index in [9.17, 15) is 60.0 Å². The Morgan fingerprint density at radius 1 is 0.828 bits per heavy atom. The maximum absolute atomic E-state index is 13.1. The molecule has 3 saturated heterocycles. The summed E-state index contributed by atoms with van der Waals surface area (Å²) in [5, 5.41) is 91.4. The van der Waals surface area contributed by atoms with E-state index in [1.54, 1.807) is 6.08 Å². The number of unbranched alkanes of at least 4 members (excludes halogenated alkanes) is 7. The number of aromatic amines is 1. The van der Waals surface area contributed by atoms with Crippen molar-refractivity contribution in [3.8, 4) is 0 Å². The van der Waals surface area contributed by atoms with Gasteiger partial charge in [0.2, 0.25) is 11.8 Å². The second-order valence-corrected chi connectivity index (χ2v) is 15.8. The van der Waals surface area contributed by atoms with Crippen molar-refractivity contribution in [1.82, 2.24) is 20.2 Å². The van der Waals surface area contributed by atoms with E-state index < -0.39 is 128 Å². The lowest BCUT2D eigenvalue weighted by Crippen LogP contribution is -2.68. The molecule has 3 aliphatic heterocycles. The molecule has 11 N–H and O–H groups in total. The zero-order valence-electron chi connectivity index (χ0n) is 33.1. The second kappa shape index (κ2) is 22.5. The lowest BCUT2D eigenvalue weighted by Gasteiger charge is -2.47. The molecule has 20 heteroatoms. The van der Waals surface area contributed by atoms with E-state index >= 15 is 0 Å². The molecule has 0 saturated carbocycles. The van der Waals surface area contributed by atoms with Crippen LogP contribution in [-0.2, 0) is 28.5 Å². The number of nitrogens with zero attached hydrogens (tertiary/aromatic N) is 1. The third-order valence-electron chi connectivity index (χ3n) is 10.7. The Bertz CT molecular complexity index is 1590. The first-order valence-electron chi connectivity index (χ1n) is 20.1. The van der Waals surface area contributed by atoms with Crippen LogP contribution >= 0.6 is 0 Å². The summed E-state index contributed by atoms with van der Waals surface area (Å²) in [5.74, 6) is -0.641. The molecule has 0 aliphatic carbocycles. The van der Waals surface area contributed by atoms with Crippen LogP contribution in [-0.4, -0.2) is 155 Å². The molecule has 330 valence electrons.